The highest BCUT2D eigenvalue weighted by Gasteiger charge is 1.94. The minimum Gasteiger partial charge on any atom is -0.291 e. The van der Waals surface area contributed by atoms with Gasteiger partial charge in [-0.1, -0.05) is 83.5 Å². The van der Waals surface area contributed by atoms with Crippen molar-refractivity contribution in [1.29, 1.82) is 0 Å². The Bertz CT molecular complexity index is 192. The minimum absolute atomic E-state index is 0.621. The Labute approximate surface area is 132 Å². The zero-order valence-corrected chi connectivity index (χ0v) is 13.8. The maximum absolute atomic E-state index is 10.0. The van der Waals surface area contributed by atoms with Gasteiger partial charge >= 0.3 is 0 Å². The van der Waals surface area contributed by atoms with Crippen molar-refractivity contribution < 1.29 is 9.59 Å². The summed E-state index contributed by atoms with van der Waals surface area (Å²) in [5.74, 6) is 0. The molecule has 0 bridgehead atoms. The molecule has 0 aromatic heterocycles. The smallest absolute Gasteiger partial charge is 0.198 e. The molecule has 0 saturated carbocycles. The van der Waals surface area contributed by atoms with E-state index in [-0.39, 0.29) is 0 Å². The Hall–Kier alpha value is -0.660. The van der Waals surface area contributed by atoms with E-state index < -0.39 is 0 Å². The van der Waals surface area contributed by atoms with Gasteiger partial charge in [-0.2, -0.15) is 0 Å². The van der Waals surface area contributed by atoms with Gasteiger partial charge in [0, 0.05) is 12.8 Å². The maximum Gasteiger partial charge on any atom is 0.198 e. The van der Waals surface area contributed by atoms with Crippen LogP contribution in [0.4, 0.5) is 0 Å². The van der Waals surface area contributed by atoms with Crippen LogP contribution < -0.4 is 0 Å². The van der Waals surface area contributed by atoms with Crippen LogP contribution in [0.1, 0.15) is 109 Å². The lowest BCUT2D eigenvalue weighted by Crippen LogP contribution is -1.84. The highest BCUT2D eigenvalue weighted by atomic mass is 16.1. The van der Waals surface area contributed by atoms with E-state index in [0.717, 1.165) is 12.8 Å². The topological polar surface area (TPSA) is 34.1 Å². The van der Waals surface area contributed by atoms with Crippen LogP contribution >= 0.6 is 0 Å². The fourth-order valence-corrected chi connectivity index (χ4v) is 2.69. The lowest BCUT2D eigenvalue weighted by Gasteiger charge is -2.03. The Balaban J connectivity index is 2.93. The van der Waals surface area contributed by atoms with E-state index in [1.54, 1.807) is 0 Å². The third kappa shape index (κ3) is 19.3. The van der Waals surface area contributed by atoms with Gasteiger partial charge in [0.05, 0.1) is 0 Å². The third-order valence-electron chi connectivity index (χ3n) is 4.06. The van der Waals surface area contributed by atoms with Gasteiger partial charge in [0.25, 0.3) is 0 Å². The molecule has 0 saturated heterocycles. The van der Waals surface area contributed by atoms with Crippen LogP contribution in [0.3, 0.4) is 0 Å². The maximum atomic E-state index is 10.0. The van der Waals surface area contributed by atoms with Gasteiger partial charge < -0.3 is 0 Å². The van der Waals surface area contributed by atoms with Crippen LogP contribution in [0.5, 0.6) is 0 Å². The van der Waals surface area contributed by atoms with Crippen molar-refractivity contribution in [3.63, 3.8) is 0 Å². The summed E-state index contributed by atoms with van der Waals surface area (Å²) in [7, 11) is 0. The lowest BCUT2D eigenvalue weighted by atomic mass is 10.0. The summed E-state index contributed by atoms with van der Waals surface area (Å²) in [5, 5.41) is 0. The highest BCUT2D eigenvalue weighted by Crippen LogP contribution is 2.13. The summed E-state index contributed by atoms with van der Waals surface area (Å²) in [5.41, 5.74) is 0. The SMILES string of the molecule is O=[C]CCCCCCCCCCCCCCCCC[C]=O. The van der Waals surface area contributed by atoms with Gasteiger partial charge in [0.2, 0.25) is 0 Å². The van der Waals surface area contributed by atoms with E-state index in [1.165, 1.54) is 83.5 Å². The molecule has 2 radical (unpaired) electrons. The Morgan fingerprint density at radius 1 is 0.333 bits per heavy atom. The standard InChI is InChI=1S/C19H34O2/c20-18-16-14-12-10-8-6-4-2-1-3-5-7-9-11-13-15-17-19-21/h1-17H2. The monoisotopic (exact) mass is 294 g/mol. The van der Waals surface area contributed by atoms with Gasteiger partial charge in [0.15, 0.2) is 12.6 Å². The molecule has 122 valence electrons. The van der Waals surface area contributed by atoms with Crippen LogP contribution in [0.25, 0.3) is 0 Å². The molecule has 0 aromatic rings. The summed E-state index contributed by atoms with van der Waals surface area (Å²) in [4.78, 5) is 20.1. The normalized spacial score (nSPS) is 10.7. The van der Waals surface area contributed by atoms with E-state index in [2.05, 4.69) is 0 Å². The fraction of sp³-hybridized carbons (Fsp3) is 0.895. The number of hydrogen-bond donors (Lipinski definition) is 0. The number of hydrogen-bond acceptors (Lipinski definition) is 2. The molecule has 0 unspecified atom stereocenters. The second-order valence-electron chi connectivity index (χ2n) is 6.09. The first-order valence-corrected chi connectivity index (χ1v) is 9.12. The molecule has 21 heavy (non-hydrogen) atoms. The van der Waals surface area contributed by atoms with E-state index in [1.807, 2.05) is 12.6 Å². The van der Waals surface area contributed by atoms with E-state index in [4.69, 9.17) is 0 Å². The molecule has 0 atom stereocenters. The van der Waals surface area contributed by atoms with Gasteiger partial charge in [-0.15, -0.1) is 0 Å². The van der Waals surface area contributed by atoms with Gasteiger partial charge in [-0.3, -0.25) is 9.59 Å². The van der Waals surface area contributed by atoms with Crippen molar-refractivity contribution in [3.05, 3.63) is 0 Å². The summed E-state index contributed by atoms with van der Waals surface area (Å²) in [6, 6.07) is 0. The molecule has 0 aliphatic carbocycles. The van der Waals surface area contributed by atoms with Crippen molar-refractivity contribution in [1.82, 2.24) is 0 Å². The van der Waals surface area contributed by atoms with Crippen LogP contribution in [-0.2, 0) is 9.59 Å². The Morgan fingerprint density at radius 2 is 0.524 bits per heavy atom. The Morgan fingerprint density at radius 3 is 0.714 bits per heavy atom. The summed E-state index contributed by atoms with van der Waals surface area (Å²) in [6.45, 7) is 0. The van der Waals surface area contributed by atoms with Crippen molar-refractivity contribution in [3.8, 4) is 0 Å². The zero-order valence-electron chi connectivity index (χ0n) is 13.8. The molecular weight excluding hydrogens is 260 g/mol. The fourth-order valence-electron chi connectivity index (χ4n) is 2.69. The van der Waals surface area contributed by atoms with Gasteiger partial charge in [0.1, 0.15) is 0 Å². The Kier molecular flexibility index (Phi) is 18.7. The lowest BCUT2D eigenvalue weighted by molar-refractivity contribution is 0.524. The van der Waals surface area contributed by atoms with Crippen molar-refractivity contribution >= 4 is 12.6 Å². The first-order chi connectivity index (χ1) is 10.4. The molecule has 0 aliphatic rings. The molecule has 0 aromatic carbocycles. The van der Waals surface area contributed by atoms with E-state index in [9.17, 15) is 9.59 Å². The average Bonchev–Trinajstić information content (AvgIpc) is 2.50. The van der Waals surface area contributed by atoms with Gasteiger partial charge in [-0.25, -0.2) is 0 Å². The number of carbonyl (C=O) groups excluding carboxylic acids is 2. The molecule has 0 rings (SSSR count). The predicted octanol–water partition coefficient (Wildman–Crippen LogP) is 5.84. The van der Waals surface area contributed by atoms with Crippen molar-refractivity contribution in [2.24, 2.45) is 0 Å². The molecule has 0 aliphatic heterocycles. The summed E-state index contributed by atoms with van der Waals surface area (Å²) in [6.07, 6.45) is 24.4. The van der Waals surface area contributed by atoms with Crippen LogP contribution in [0, 0.1) is 0 Å². The third-order valence-corrected chi connectivity index (χ3v) is 4.06. The number of unbranched alkanes of at least 4 members (excludes halogenated alkanes) is 16. The van der Waals surface area contributed by atoms with Crippen molar-refractivity contribution in [2.75, 3.05) is 0 Å². The number of rotatable bonds is 18. The van der Waals surface area contributed by atoms with Crippen molar-refractivity contribution in [2.45, 2.75) is 109 Å². The second-order valence-corrected chi connectivity index (χ2v) is 6.09. The summed E-state index contributed by atoms with van der Waals surface area (Å²) < 4.78 is 0. The molecule has 0 spiro atoms. The van der Waals surface area contributed by atoms with Crippen LogP contribution in [-0.4, -0.2) is 12.6 Å². The molecule has 0 amide bonds. The summed E-state index contributed by atoms with van der Waals surface area (Å²) >= 11 is 0. The van der Waals surface area contributed by atoms with Crippen LogP contribution in [0.2, 0.25) is 0 Å². The predicted molar refractivity (Wildman–Crippen MR) is 89.9 cm³/mol. The van der Waals surface area contributed by atoms with E-state index in [0.29, 0.717) is 12.8 Å². The molecule has 0 fully saturated rings. The molecule has 2 nitrogen and oxygen atoms in total. The van der Waals surface area contributed by atoms with Gasteiger partial charge in [-0.05, 0) is 12.8 Å². The minimum atomic E-state index is 0.621. The molecular formula is C19H34O2. The van der Waals surface area contributed by atoms with Crippen LogP contribution in [0.15, 0.2) is 0 Å². The first kappa shape index (κ1) is 20.3. The quantitative estimate of drug-likeness (QED) is 0.298. The molecule has 0 N–H and O–H groups in total. The zero-order chi connectivity index (χ0) is 15.4. The molecule has 0 heterocycles. The highest BCUT2D eigenvalue weighted by molar-refractivity contribution is 5.50. The average molecular weight is 294 g/mol. The first-order valence-electron chi connectivity index (χ1n) is 9.12. The second kappa shape index (κ2) is 19.3. The van der Waals surface area contributed by atoms with E-state index >= 15 is 0 Å². The molecule has 2 heteroatoms. The largest absolute Gasteiger partial charge is 0.291 e.